The van der Waals surface area contributed by atoms with Crippen LogP contribution in [0.3, 0.4) is 0 Å². The SMILES string of the molecule is CCCCCNC(=O)CN(Cc1ccco1)S(C)(=O)=O. The van der Waals surface area contributed by atoms with Gasteiger partial charge >= 0.3 is 0 Å². The topological polar surface area (TPSA) is 79.6 Å². The summed E-state index contributed by atoms with van der Waals surface area (Å²) in [5, 5.41) is 2.72. The van der Waals surface area contributed by atoms with Gasteiger partial charge in [-0.3, -0.25) is 4.79 Å². The number of carbonyl (C=O) groups is 1. The third kappa shape index (κ3) is 6.21. The van der Waals surface area contributed by atoms with E-state index in [-0.39, 0.29) is 19.0 Å². The lowest BCUT2D eigenvalue weighted by atomic mass is 10.2. The van der Waals surface area contributed by atoms with E-state index in [0.29, 0.717) is 12.3 Å². The fourth-order valence-corrected chi connectivity index (χ4v) is 2.40. The summed E-state index contributed by atoms with van der Waals surface area (Å²) in [6.07, 6.45) is 5.58. The molecule has 0 bridgehead atoms. The van der Waals surface area contributed by atoms with E-state index < -0.39 is 10.0 Å². The van der Waals surface area contributed by atoms with Crippen LogP contribution in [0.1, 0.15) is 31.9 Å². The summed E-state index contributed by atoms with van der Waals surface area (Å²) < 4.78 is 29.6. The van der Waals surface area contributed by atoms with Crippen LogP contribution in [0.5, 0.6) is 0 Å². The zero-order chi connectivity index (χ0) is 15.0. The minimum atomic E-state index is -3.46. The number of rotatable bonds is 9. The van der Waals surface area contributed by atoms with Crippen molar-refractivity contribution in [3.8, 4) is 0 Å². The highest BCUT2D eigenvalue weighted by Gasteiger charge is 2.21. The number of amides is 1. The van der Waals surface area contributed by atoms with E-state index in [0.717, 1.165) is 29.8 Å². The number of nitrogens with one attached hydrogen (secondary N) is 1. The highest BCUT2D eigenvalue weighted by atomic mass is 32.2. The molecule has 1 heterocycles. The lowest BCUT2D eigenvalue weighted by molar-refractivity contribution is -0.121. The third-order valence-electron chi connectivity index (χ3n) is 2.80. The van der Waals surface area contributed by atoms with Gasteiger partial charge in [0, 0.05) is 6.54 Å². The molecule has 0 radical (unpaired) electrons. The van der Waals surface area contributed by atoms with Crippen LogP contribution < -0.4 is 5.32 Å². The van der Waals surface area contributed by atoms with Crippen LogP contribution in [-0.2, 0) is 21.4 Å². The Hall–Kier alpha value is -1.34. The molecule has 0 fully saturated rings. The average molecular weight is 302 g/mol. The Kier molecular flexibility index (Phi) is 6.74. The van der Waals surface area contributed by atoms with Crippen LogP contribution in [0.15, 0.2) is 22.8 Å². The Morgan fingerprint density at radius 1 is 1.40 bits per heavy atom. The molecule has 1 amide bonds. The van der Waals surface area contributed by atoms with Crippen molar-refractivity contribution in [2.75, 3.05) is 19.3 Å². The summed E-state index contributed by atoms with van der Waals surface area (Å²) in [5.41, 5.74) is 0. The van der Waals surface area contributed by atoms with Crippen LogP contribution >= 0.6 is 0 Å². The molecule has 0 aliphatic carbocycles. The van der Waals surface area contributed by atoms with Gasteiger partial charge in [-0.2, -0.15) is 4.31 Å². The smallest absolute Gasteiger partial charge is 0.235 e. The summed E-state index contributed by atoms with van der Waals surface area (Å²) in [4.78, 5) is 11.7. The van der Waals surface area contributed by atoms with Crippen molar-refractivity contribution >= 4 is 15.9 Å². The zero-order valence-electron chi connectivity index (χ0n) is 12.0. The van der Waals surface area contributed by atoms with Gasteiger partial charge in [0.2, 0.25) is 15.9 Å². The second-order valence-electron chi connectivity index (χ2n) is 4.67. The lowest BCUT2D eigenvalue weighted by Gasteiger charge is -2.18. The van der Waals surface area contributed by atoms with Gasteiger partial charge in [-0.15, -0.1) is 0 Å². The normalized spacial score (nSPS) is 11.8. The molecule has 0 aliphatic rings. The summed E-state index contributed by atoms with van der Waals surface area (Å²) in [7, 11) is -3.46. The molecular formula is C13H22N2O4S. The molecule has 0 saturated carbocycles. The van der Waals surface area contributed by atoms with Crippen LogP contribution in [0, 0.1) is 0 Å². The quantitative estimate of drug-likeness (QED) is 0.698. The van der Waals surface area contributed by atoms with Crippen molar-refractivity contribution in [3.63, 3.8) is 0 Å². The number of unbranched alkanes of at least 4 members (excludes halogenated alkanes) is 2. The maximum Gasteiger partial charge on any atom is 0.235 e. The number of furan rings is 1. The van der Waals surface area contributed by atoms with Gasteiger partial charge < -0.3 is 9.73 Å². The van der Waals surface area contributed by atoms with Gasteiger partial charge in [0.25, 0.3) is 0 Å². The summed E-state index contributed by atoms with van der Waals surface area (Å²) in [6.45, 7) is 2.53. The van der Waals surface area contributed by atoms with E-state index in [4.69, 9.17) is 4.42 Å². The van der Waals surface area contributed by atoms with Gasteiger partial charge in [0.15, 0.2) is 0 Å². The molecule has 0 atom stereocenters. The minimum absolute atomic E-state index is 0.0637. The van der Waals surface area contributed by atoms with E-state index in [9.17, 15) is 13.2 Å². The van der Waals surface area contributed by atoms with E-state index in [2.05, 4.69) is 12.2 Å². The molecule has 0 saturated heterocycles. The first-order chi connectivity index (χ1) is 9.43. The number of hydrogen-bond donors (Lipinski definition) is 1. The van der Waals surface area contributed by atoms with Gasteiger partial charge in [0.1, 0.15) is 5.76 Å². The van der Waals surface area contributed by atoms with Crippen LogP contribution in [0.25, 0.3) is 0 Å². The van der Waals surface area contributed by atoms with Gasteiger partial charge in [-0.25, -0.2) is 8.42 Å². The fourth-order valence-electron chi connectivity index (χ4n) is 1.69. The van der Waals surface area contributed by atoms with Gasteiger partial charge in [-0.1, -0.05) is 19.8 Å². The van der Waals surface area contributed by atoms with Crippen molar-refractivity contribution in [3.05, 3.63) is 24.2 Å². The molecule has 1 N–H and O–H groups in total. The maximum atomic E-state index is 11.7. The first kappa shape index (κ1) is 16.7. The second kappa shape index (κ2) is 8.06. The molecule has 7 heteroatoms. The third-order valence-corrected chi connectivity index (χ3v) is 4.00. The van der Waals surface area contributed by atoms with E-state index >= 15 is 0 Å². The van der Waals surface area contributed by atoms with E-state index in [1.54, 1.807) is 12.1 Å². The Morgan fingerprint density at radius 2 is 2.15 bits per heavy atom. The standard InChI is InChI=1S/C13H22N2O4S/c1-3-4-5-8-14-13(16)11-15(20(2,17)18)10-12-7-6-9-19-12/h6-7,9H,3-5,8,10-11H2,1-2H3,(H,14,16). The minimum Gasteiger partial charge on any atom is -0.468 e. The molecule has 1 aromatic heterocycles. The van der Waals surface area contributed by atoms with Crippen molar-refractivity contribution in [1.29, 1.82) is 0 Å². The monoisotopic (exact) mass is 302 g/mol. The number of sulfonamides is 1. The van der Waals surface area contributed by atoms with Gasteiger partial charge in [0.05, 0.1) is 25.6 Å². The number of nitrogens with zero attached hydrogens (tertiary/aromatic N) is 1. The van der Waals surface area contributed by atoms with Crippen molar-refractivity contribution in [2.45, 2.75) is 32.7 Å². The van der Waals surface area contributed by atoms with Crippen molar-refractivity contribution in [2.24, 2.45) is 0 Å². The molecule has 0 aliphatic heterocycles. The summed E-state index contributed by atoms with van der Waals surface area (Å²) in [5.74, 6) is 0.215. The highest BCUT2D eigenvalue weighted by molar-refractivity contribution is 7.88. The predicted octanol–water partition coefficient (Wildman–Crippen LogP) is 1.35. The Labute approximate surface area is 120 Å². The Morgan fingerprint density at radius 3 is 2.70 bits per heavy atom. The highest BCUT2D eigenvalue weighted by Crippen LogP contribution is 2.08. The first-order valence-corrected chi connectivity index (χ1v) is 8.52. The molecule has 20 heavy (non-hydrogen) atoms. The van der Waals surface area contributed by atoms with Crippen LogP contribution in [0.2, 0.25) is 0 Å². The first-order valence-electron chi connectivity index (χ1n) is 6.67. The van der Waals surface area contributed by atoms with Crippen molar-refractivity contribution < 1.29 is 17.6 Å². The molecule has 114 valence electrons. The van der Waals surface area contributed by atoms with Crippen LogP contribution in [0.4, 0.5) is 0 Å². The maximum absolute atomic E-state index is 11.7. The molecule has 1 aromatic rings. The lowest BCUT2D eigenvalue weighted by Crippen LogP contribution is -2.40. The molecule has 0 aromatic carbocycles. The Bertz CT molecular complexity index is 496. The number of hydrogen-bond acceptors (Lipinski definition) is 4. The molecule has 0 unspecified atom stereocenters. The largest absolute Gasteiger partial charge is 0.468 e. The van der Waals surface area contributed by atoms with E-state index in [1.807, 2.05) is 0 Å². The van der Waals surface area contributed by atoms with Crippen LogP contribution in [-0.4, -0.2) is 38.0 Å². The number of carbonyl (C=O) groups excluding carboxylic acids is 1. The van der Waals surface area contributed by atoms with Gasteiger partial charge in [-0.05, 0) is 18.6 Å². The van der Waals surface area contributed by atoms with Crippen molar-refractivity contribution in [1.82, 2.24) is 9.62 Å². The summed E-state index contributed by atoms with van der Waals surface area (Å²) in [6, 6.07) is 3.36. The zero-order valence-corrected chi connectivity index (χ0v) is 12.8. The predicted molar refractivity (Wildman–Crippen MR) is 76.5 cm³/mol. The Balaban J connectivity index is 2.51. The molecule has 1 rings (SSSR count). The molecule has 0 spiro atoms. The van der Waals surface area contributed by atoms with E-state index in [1.165, 1.54) is 6.26 Å². The second-order valence-corrected chi connectivity index (χ2v) is 6.65. The average Bonchev–Trinajstić information content (AvgIpc) is 2.86. The summed E-state index contributed by atoms with van der Waals surface area (Å²) >= 11 is 0. The fraction of sp³-hybridized carbons (Fsp3) is 0.615. The molecule has 6 nitrogen and oxygen atoms in total. The molecular weight excluding hydrogens is 280 g/mol.